The molecule has 0 fully saturated rings. The molecule has 0 unspecified atom stereocenters. The van der Waals surface area contributed by atoms with Gasteiger partial charge in [0.1, 0.15) is 4.90 Å². The Morgan fingerprint density at radius 2 is 1.97 bits per heavy atom. The van der Waals surface area contributed by atoms with Crippen LogP contribution >= 0.6 is 27.5 Å². The molecule has 1 amide bonds. The highest BCUT2D eigenvalue weighted by Crippen LogP contribution is 2.40. The minimum absolute atomic E-state index is 0.189. The third kappa shape index (κ3) is 4.39. The quantitative estimate of drug-likeness (QED) is 0.612. The van der Waals surface area contributed by atoms with Crippen molar-refractivity contribution >= 4 is 54.8 Å². The summed E-state index contributed by atoms with van der Waals surface area (Å²) < 4.78 is 68.0. The summed E-state index contributed by atoms with van der Waals surface area (Å²) in [5.74, 6) is -0.242. The van der Waals surface area contributed by atoms with Crippen LogP contribution in [0.4, 0.5) is 24.5 Å². The lowest BCUT2D eigenvalue weighted by Crippen LogP contribution is -2.29. The van der Waals surface area contributed by atoms with Gasteiger partial charge in [-0.25, -0.2) is 8.42 Å². The molecular formula is C18H15BrClF3N2O3S. The van der Waals surface area contributed by atoms with Gasteiger partial charge in [0, 0.05) is 23.1 Å². The lowest BCUT2D eigenvalue weighted by molar-refractivity contribution is -0.137. The van der Waals surface area contributed by atoms with Gasteiger partial charge in [-0.05, 0) is 42.3 Å². The largest absolute Gasteiger partial charge is 0.417 e. The molecule has 0 saturated heterocycles. The van der Waals surface area contributed by atoms with Crippen molar-refractivity contribution in [3.63, 3.8) is 0 Å². The van der Waals surface area contributed by atoms with E-state index in [0.29, 0.717) is 29.1 Å². The first-order valence-corrected chi connectivity index (χ1v) is 11.1. The van der Waals surface area contributed by atoms with Crippen molar-refractivity contribution in [2.24, 2.45) is 0 Å². The molecule has 1 aliphatic rings. The Morgan fingerprint density at radius 1 is 1.28 bits per heavy atom. The van der Waals surface area contributed by atoms with E-state index in [1.807, 2.05) is 0 Å². The Labute approximate surface area is 179 Å². The average molecular weight is 512 g/mol. The van der Waals surface area contributed by atoms with Crippen molar-refractivity contribution in [3.8, 4) is 0 Å². The number of hydrogen-bond acceptors (Lipinski definition) is 3. The predicted molar refractivity (Wildman–Crippen MR) is 108 cm³/mol. The number of alkyl halides is 3. The van der Waals surface area contributed by atoms with E-state index in [1.165, 1.54) is 11.0 Å². The Balaban J connectivity index is 2.07. The number of sulfonamides is 1. The minimum Gasteiger partial charge on any atom is -0.310 e. The van der Waals surface area contributed by atoms with E-state index >= 15 is 0 Å². The number of benzene rings is 2. The molecule has 0 spiro atoms. The van der Waals surface area contributed by atoms with Crippen LogP contribution in [0.5, 0.6) is 0 Å². The molecule has 1 aliphatic heterocycles. The number of halogens is 5. The molecule has 2 aromatic rings. The van der Waals surface area contributed by atoms with Crippen molar-refractivity contribution in [3.05, 3.63) is 51.0 Å². The minimum atomic E-state index is -4.74. The van der Waals surface area contributed by atoms with E-state index in [1.54, 1.807) is 13.0 Å². The van der Waals surface area contributed by atoms with Crippen molar-refractivity contribution in [1.82, 2.24) is 0 Å². The van der Waals surface area contributed by atoms with Crippen LogP contribution in [0.25, 0.3) is 0 Å². The zero-order valence-corrected chi connectivity index (χ0v) is 18.1. The van der Waals surface area contributed by atoms with E-state index in [2.05, 4.69) is 20.7 Å². The number of nitrogens with one attached hydrogen (secondary N) is 1. The fraction of sp³-hybridized carbons (Fsp3) is 0.278. The van der Waals surface area contributed by atoms with Crippen molar-refractivity contribution < 1.29 is 26.4 Å². The van der Waals surface area contributed by atoms with Crippen LogP contribution in [0, 0.1) is 0 Å². The van der Waals surface area contributed by atoms with Crippen LogP contribution < -0.4 is 9.62 Å². The van der Waals surface area contributed by atoms with Crippen LogP contribution in [0.3, 0.4) is 0 Å². The zero-order valence-electron chi connectivity index (χ0n) is 15.0. The first-order chi connectivity index (χ1) is 13.4. The van der Waals surface area contributed by atoms with Gasteiger partial charge in [0.2, 0.25) is 5.91 Å². The molecule has 0 atom stereocenters. The molecule has 1 N–H and O–H groups in total. The average Bonchev–Trinajstić information content (AvgIpc) is 3.04. The first kappa shape index (κ1) is 21.9. The summed E-state index contributed by atoms with van der Waals surface area (Å²) in [6.45, 7) is 2.00. The summed E-state index contributed by atoms with van der Waals surface area (Å²) in [4.78, 5) is 13.4. The SMILES string of the molecule is CCC(=O)N1CCc2cc(Br)cc(S(=O)(=O)Nc3ccc(Cl)c(C(F)(F)F)c3)c21. The van der Waals surface area contributed by atoms with Gasteiger partial charge in [0.05, 0.1) is 16.3 Å². The van der Waals surface area contributed by atoms with Crippen LogP contribution in [-0.4, -0.2) is 20.9 Å². The number of rotatable bonds is 4. The second kappa shape index (κ2) is 7.81. The van der Waals surface area contributed by atoms with Gasteiger partial charge in [-0.3, -0.25) is 9.52 Å². The normalized spacial score (nSPS) is 14.1. The number of hydrogen-bond donors (Lipinski definition) is 1. The van der Waals surface area contributed by atoms with Crippen LogP contribution in [0.1, 0.15) is 24.5 Å². The van der Waals surface area contributed by atoms with Gasteiger partial charge >= 0.3 is 6.18 Å². The van der Waals surface area contributed by atoms with Gasteiger partial charge in [-0.2, -0.15) is 13.2 Å². The maximum absolute atomic E-state index is 13.1. The number of carbonyl (C=O) groups is 1. The first-order valence-electron chi connectivity index (χ1n) is 8.46. The predicted octanol–water partition coefficient (Wildman–Crippen LogP) is 5.22. The number of nitrogens with zero attached hydrogens (tertiary/aromatic N) is 1. The van der Waals surface area contributed by atoms with E-state index in [0.717, 1.165) is 12.1 Å². The molecule has 5 nitrogen and oxygen atoms in total. The summed E-state index contributed by atoms with van der Waals surface area (Å²) >= 11 is 8.84. The van der Waals surface area contributed by atoms with E-state index in [9.17, 15) is 26.4 Å². The van der Waals surface area contributed by atoms with E-state index in [-0.39, 0.29) is 28.6 Å². The fourth-order valence-electron chi connectivity index (χ4n) is 3.13. The molecule has 1 heterocycles. The zero-order chi connectivity index (χ0) is 21.6. The van der Waals surface area contributed by atoms with Gasteiger partial charge in [0.15, 0.2) is 0 Å². The number of amides is 1. The molecule has 2 aromatic carbocycles. The molecule has 29 heavy (non-hydrogen) atoms. The standard InChI is InChI=1S/C18H15BrClF3N2O3S/c1-2-16(26)25-6-5-10-7-11(19)8-15(17(10)25)29(27,28)24-12-3-4-14(20)13(9-12)18(21,22)23/h3-4,7-9,24H,2,5-6H2,1H3. The van der Waals surface area contributed by atoms with E-state index in [4.69, 9.17) is 11.6 Å². The lowest BCUT2D eigenvalue weighted by atomic mass is 10.2. The monoisotopic (exact) mass is 510 g/mol. The lowest BCUT2D eigenvalue weighted by Gasteiger charge is -2.21. The fourth-order valence-corrected chi connectivity index (χ4v) is 5.34. The summed E-state index contributed by atoms with van der Waals surface area (Å²) in [5, 5.41) is -0.538. The highest BCUT2D eigenvalue weighted by Gasteiger charge is 2.35. The maximum atomic E-state index is 13.1. The molecule has 3 rings (SSSR count). The highest BCUT2D eigenvalue weighted by molar-refractivity contribution is 9.10. The van der Waals surface area contributed by atoms with Gasteiger partial charge in [-0.1, -0.05) is 34.5 Å². The second-order valence-electron chi connectivity index (χ2n) is 6.36. The second-order valence-corrected chi connectivity index (χ2v) is 9.33. The van der Waals surface area contributed by atoms with E-state index < -0.39 is 26.8 Å². The molecule has 0 radical (unpaired) electrons. The molecule has 11 heteroatoms. The summed E-state index contributed by atoms with van der Waals surface area (Å²) in [6.07, 6.45) is -4.07. The molecule has 0 saturated carbocycles. The number of carbonyl (C=O) groups excluding carboxylic acids is 1. The molecule has 0 bridgehead atoms. The van der Waals surface area contributed by atoms with Gasteiger partial charge < -0.3 is 4.90 Å². The summed E-state index contributed by atoms with van der Waals surface area (Å²) in [7, 11) is -4.30. The van der Waals surface area contributed by atoms with Crippen LogP contribution in [0.2, 0.25) is 5.02 Å². The third-order valence-corrected chi connectivity index (χ3v) is 6.59. The van der Waals surface area contributed by atoms with Crippen molar-refractivity contribution in [1.29, 1.82) is 0 Å². The Morgan fingerprint density at radius 3 is 2.59 bits per heavy atom. The summed E-state index contributed by atoms with van der Waals surface area (Å²) in [5.41, 5.74) is -0.533. The highest BCUT2D eigenvalue weighted by atomic mass is 79.9. The topological polar surface area (TPSA) is 66.5 Å². The molecule has 0 aliphatic carbocycles. The third-order valence-electron chi connectivity index (χ3n) is 4.41. The maximum Gasteiger partial charge on any atom is 0.417 e. The van der Waals surface area contributed by atoms with Crippen molar-refractivity contribution in [2.75, 3.05) is 16.2 Å². The molecule has 0 aromatic heterocycles. The Hall–Kier alpha value is -1.78. The van der Waals surface area contributed by atoms with Crippen LogP contribution in [0.15, 0.2) is 39.7 Å². The summed E-state index contributed by atoms with van der Waals surface area (Å²) in [6, 6.07) is 5.79. The molecular weight excluding hydrogens is 497 g/mol. The van der Waals surface area contributed by atoms with Crippen molar-refractivity contribution in [2.45, 2.75) is 30.8 Å². The van der Waals surface area contributed by atoms with Crippen LogP contribution in [-0.2, 0) is 27.4 Å². The van der Waals surface area contributed by atoms with Gasteiger partial charge in [0.25, 0.3) is 10.0 Å². The molecule has 156 valence electrons. The Bertz CT molecular complexity index is 1090. The number of anilines is 2. The Kier molecular flexibility index (Phi) is 5.90. The van der Waals surface area contributed by atoms with Gasteiger partial charge in [-0.15, -0.1) is 0 Å². The smallest absolute Gasteiger partial charge is 0.310 e. The number of fused-ring (bicyclic) bond motifs is 1.